The molecule has 0 spiro atoms. The average Bonchev–Trinajstić information content (AvgIpc) is 3.16. The fourth-order valence-electron chi connectivity index (χ4n) is 4.67. The molecule has 35 heavy (non-hydrogen) atoms. The molecule has 7 heteroatoms. The van der Waals surface area contributed by atoms with Crippen molar-refractivity contribution in [3.8, 4) is 0 Å². The second kappa shape index (κ2) is 10.5. The first-order valence-electron chi connectivity index (χ1n) is 12.0. The van der Waals surface area contributed by atoms with Crippen molar-refractivity contribution in [2.24, 2.45) is 0 Å². The lowest BCUT2D eigenvalue weighted by atomic mass is 9.96. The van der Waals surface area contributed by atoms with Gasteiger partial charge in [-0.05, 0) is 75.6 Å². The fourth-order valence-corrected chi connectivity index (χ4v) is 4.80. The van der Waals surface area contributed by atoms with Gasteiger partial charge in [-0.2, -0.15) is 0 Å². The van der Waals surface area contributed by atoms with Crippen LogP contribution in [0.15, 0.2) is 54.6 Å². The number of Topliss-reactive ketones (excluding diaryl/α,β-unsaturated/α-hetero) is 1. The molecule has 1 aromatic heterocycles. The molecule has 4 rings (SSSR count). The minimum absolute atomic E-state index is 0.0625. The second-order valence-corrected chi connectivity index (χ2v) is 9.46. The molecule has 6 nitrogen and oxygen atoms in total. The number of rotatable bonds is 7. The zero-order chi connectivity index (χ0) is 25.1. The molecule has 182 valence electrons. The highest BCUT2D eigenvalue weighted by Gasteiger charge is 2.31. The smallest absolute Gasteiger partial charge is 0.247 e. The van der Waals surface area contributed by atoms with E-state index in [4.69, 9.17) is 11.6 Å². The van der Waals surface area contributed by atoms with E-state index in [-0.39, 0.29) is 24.1 Å². The zero-order valence-electron chi connectivity index (χ0n) is 20.3. The Labute approximate surface area is 210 Å². The average molecular weight is 492 g/mol. The highest BCUT2D eigenvalue weighted by Crippen LogP contribution is 2.27. The first-order valence-corrected chi connectivity index (χ1v) is 12.3. The molecular weight excluding hydrogens is 462 g/mol. The third-order valence-electron chi connectivity index (χ3n) is 6.52. The van der Waals surface area contributed by atoms with Gasteiger partial charge in [-0.15, -0.1) is 0 Å². The Morgan fingerprint density at radius 2 is 1.74 bits per heavy atom. The first kappa shape index (κ1) is 24.7. The molecule has 1 aliphatic carbocycles. The summed E-state index contributed by atoms with van der Waals surface area (Å²) in [7, 11) is 0. The van der Waals surface area contributed by atoms with Crippen molar-refractivity contribution >= 4 is 40.6 Å². The Morgan fingerprint density at radius 3 is 2.40 bits per heavy atom. The second-order valence-electron chi connectivity index (χ2n) is 9.03. The monoisotopic (exact) mass is 491 g/mol. The van der Waals surface area contributed by atoms with Crippen molar-refractivity contribution < 1.29 is 14.4 Å². The number of aryl methyl sites for hydroxylation is 2. The molecule has 0 saturated carbocycles. The van der Waals surface area contributed by atoms with E-state index in [9.17, 15) is 14.4 Å². The molecule has 0 fully saturated rings. The van der Waals surface area contributed by atoms with Crippen molar-refractivity contribution in [2.75, 3.05) is 10.2 Å². The van der Waals surface area contributed by atoms with Crippen LogP contribution in [0.4, 0.5) is 11.4 Å². The Balaban J connectivity index is 1.66. The van der Waals surface area contributed by atoms with Gasteiger partial charge in [-0.25, -0.2) is 0 Å². The number of anilines is 2. The van der Waals surface area contributed by atoms with Crippen LogP contribution in [0.3, 0.4) is 0 Å². The van der Waals surface area contributed by atoms with Crippen LogP contribution < -0.4 is 10.2 Å². The molecular formula is C28H30ClN3O3. The van der Waals surface area contributed by atoms with Gasteiger partial charge < -0.3 is 9.88 Å². The molecule has 1 atom stereocenters. The van der Waals surface area contributed by atoms with Gasteiger partial charge in [-0.1, -0.05) is 36.2 Å². The quantitative estimate of drug-likeness (QED) is 0.459. The largest absolute Gasteiger partial charge is 0.339 e. The summed E-state index contributed by atoms with van der Waals surface area (Å²) in [6, 6.07) is 15.6. The molecule has 0 aliphatic heterocycles. The summed E-state index contributed by atoms with van der Waals surface area (Å²) >= 11 is 5.97. The van der Waals surface area contributed by atoms with Gasteiger partial charge >= 0.3 is 0 Å². The van der Waals surface area contributed by atoms with Gasteiger partial charge in [0, 0.05) is 39.8 Å². The molecule has 2 aromatic carbocycles. The number of benzene rings is 2. The SMILES string of the molecule is CCC(C(=O)Nc1ccc(Cl)cc1)N(C(=O)Cn1c(C)cc2c1CCCC2=O)c1ccc(C)cc1. The summed E-state index contributed by atoms with van der Waals surface area (Å²) in [5.41, 5.74) is 4.84. The fraction of sp³-hybridized carbons (Fsp3) is 0.321. The number of hydrogen-bond donors (Lipinski definition) is 1. The first-order chi connectivity index (χ1) is 16.8. The lowest BCUT2D eigenvalue weighted by Crippen LogP contribution is -2.48. The predicted octanol–water partition coefficient (Wildman–Crippen LogP) is 5.73. The van der Waals surface area contributed by atoms with Crippen molar-refractivity contribution in [3.05, 3.63) is 82.1 Å². The third kappa shape index (κ3) is 5.33. The van der Waals surface area contributed by atoms with E-state index in [1.54, 1.807) is 29.2 Å². The standard InChI is InChI=1S/C28H30ClN3O3/c1-4-24(28(35)30-21-12-10-20(29)11-13-21)32(22-14-8-18(2)9-15-22)27(34)17-31-19(3)16-23-25(31)6-5-7-26(23)33/h8-16,24H,4-7,17H2,1-3H3,(H,30,35). The van der Waals surface area contributed by atoms with E-state index in [2.05, 4.69) is 5.32 Å². The van der Waals surface area contributed by atoms with Gasteiger partial charge in [0.2, 0.25) is 11.8 Å². The maximum Gasteiger partial charge on any atom is 0.247 e. The van der Waals surface area contributed by atoms with E-state index in [1.165, 1.54) is 0 Å². The molecule has 1 heterocycles. The number of hydrogen-bond acceptors (Lipinski definition) is 3. The van der Waals surface area contributed by atoms with E-state index in [0.29, 0.717) is 29.2 Å². The maximum absolute atomic E-state index is 13.8. The Kier molecular flexibility index (Phi) is 7.41. The van der Waals surface area contributed by atoms with Crippen LogP contribution in [0, 0.1) is 13.8 Å². The summed E-state index contributed by atoms with van der Waals surface area (Å²) < 4.78 is 1.93. The summed E-state index contributed by atoms with van der Waals surface area (Å²) in [4.78, 5) is 41.2. The number of halogens is 1. The predicted molar refractivity (Wildman–Crippen MR) is 139 cm³/mol. The summed E-state index contributed by atoms with van der Waals surface area (Å²) in [5.74, 6) is -0.346. The Bertz CT molecular complexity index is 1250. The van der Waals surface area contributed by atoms with E-state index < -0.39 is 6.04 Å². The molecule has 0 saturated heterocycles. The summed E-state index contributed by atoms with van der Waals surface area (Å²) in [6.07, 6.45) is 2.52. The van der Waals surface area contributed by atoms with E-state index in [1.807, 2.05) is 55.7 Å². The Morgan fingerprint density at radius 1 is 1.06 bits per heavy atom. The van der Waals surface area contributed by atoms with Crippen molar-refractivity contribution in [1.29, 1.82) is 0 Å². The van der Waals surface area contributed by atoms with Gasteiger partial charge in [0.1, 0.15) is 12.6 Å². The number of carbonyl (C=O) groups excluding carboxylic acids is 3. The van der Waals surface area contributed by atoms with Crippen LogP contribution >= 0.6 is 11.6 Å². The van der Waals surface area contributed by atoms with Crippen LogP contribution in [0.25, 0.3) is 0 Å². The summed E-state index contributed by atoms with van der Waals surface area (Å²) in [5, 5.41) is 3.50. The molecule has 3 aromatic rings. The van der Waals surface area contributed by atoms with Gasteiger partial charge in [-0.3, -0.25) is 19.3 Å². The van der Waals surface area contributed by atoms with Crippen molar-refractivity contribution in [2.45, 2.75) is 59.0 Å². The minimum atomic E-state index is -0.714. The van der Waals surface area contributed by atoms with Crippen LogP contribution in [0.1, 0.15) is 53.5 Å². The lowest BCUT2D eigenvalue weighted by Gasteiger charge is -2.31. The van der Waals surface area contributed by atoms with E-state index in [0.717, 1.165) is 35.4 Å². The Hall–Kier alpha value is -3.38. The number of nitrogens with zero attached hydrogens (tertiary/aromatic N) is 2. The molecule has 0 radical (unpaired) electrons. The zero-order valence-corrected chi connectivity index (χ0v) is 21.1. The minimum Gasteiger partial charge on any atom is -0.339 e. The maximum atomic E-state index is 13.8. The van der Waals surface area contributed by atoms with Gasteiger partial charge in [0.25, 0.3) is 0 Å². The van der Waals surface area contributed by atoms with Crippen LogP contribution in [-0.2, 0) is 22.6 Å². The summed E-state index contributed by atoms with van der Waals surface area (Å²) in [6.45, 7) is 5.85. The number of aromatic nitrogens is 1. The van der Waals surface area contributed by atoms with E-state index >= 15 is 0 Å². The number of amides is 2. The normalized spacial score (nSPS) is 13.8. The molecule has 1 unspecified atom stereocenters. The number of fused-ring (bicyclic) bond motifs is 1. The van der Waals surface area contributed by atoms with Gasteiger partial charge in [0.15, 0.2) is 5.78 Å². The molecule has 1 aliphatic rings. The van der Waals surface area contributed by atoms with Crippen LogP contribution in [-0.4, -0.2) is 28.2 Å². The molecule has 0 bridgehead atoms. The van der Waals surface area contributed by atoms with Crippen molar-refractivity contribution in [3.63, 3.8) is 0 Å². The third-order valence-corrected chi connectivity index (χ3v) is 6.77. The van der Waals surface area contributed by atoms with Gasteiger partial charge in [0.05, 0.1) is 0 Å². The van der Waals surface area contributed by atoms with Crippen LogP contribution in [0.2, 0.25) is 5.02 Å². The molecule has 2 amide bonds. The molecule has 1 N–H and O–H groups in total. The number of carbonyl (C=O) groups is 3. The van der Waals surface area contributed by atoms with Crippen LogP contribution in [0.5, 0.6) is 0 Å². The lowest BCUT2D eigenvalue weighted by molar-refractivity contribution is -0.124. The highest BCUT2D eigenvalue weighted by atomic mass is 35.5. The van der Waals surface area contributed by atoms with Crippen molar-refractivity contribution in [1.82, 2.24) is 4.57 Å². The number of ketones is 1. The number of nitrogens with one attached hydrogen (secondary N) is 1. The highest BCUT2D eigenvalue weighted by molar-refractivity contribution is 6.30. The topological polar surface area (TPSA) is 71.4 Å².